The highest BCUT2D eigenvalue weighted by Gasteiger charge is 2.27. The van der Waals surface area contributed by atoms with Crippen molar-refractivity contribution in [2.75, 3.05) is 12.4 Å². The normalized spacial score (nSPS) is 18.8. The van der Waals surface area contributed by atoms with Crippen molar-refractivity contribution in [2.24, 2.45) is 0 Å². The molecule has 0 aliphatic heterocycles. The van der Waals surface area contributed by atoms with Gasteiger partial charge in [0.15, 0.2) is 0 Å². The zero-order valence-electron chi connectivity index (χ0n) is 17.4. The van der Waals surface area contributed by atoms with Crippen molar-refractivity contribution in [3.63, 3.8) is 0 Å². The van der Waals surface area contributed by atoms with Crippen LogP contribution in [0.1, 0.15) is 37.8 Å². The first-order valence-corrected chi connectivity index (χ1v) is 10.7. The Kier molecular flexibility index (Phi) is 5.24. The molecule has 0 radical (unpaired) electrons. The summed E-state index contributed by atoms with van der Waals surface area (Å²) in [5.74, 6) is 0.305. The average Bonchev–Trinajstić information content (AvgIpc) is 3.50. The standard InChI is InChI=1S/C24H25FN6/c1-26-24-27-13-12-21(29-24)23-22(17-4-6-18(25)7-5-17)28-16-31(23)20-10-8-19(9-11-20)30-14-2-3-15-30/h2-7,12-16,19-20H,8-11H2,1H3,(H,26,27,29). The van der Waals surface area contributed by atoms with Crippen LogP contribution in [0.25, 0.3) is 22.6 Å². The highest BCUT2D eigenvalue weighted by atomic mass is 19.1. The summed E-state index contributed by atoms with van der Waals surface area (Å²) in [5, 5.41) is 3.01. The van der Waals surface area contributed by atoms with E-state index in [0.717, 1.165) is 48.3 Å². The van der Waals surface area contributed by atoms with E-state index in [4.69, 9.17) is 4.98 Å². The number of nitrogens with zero attached hydrogens (tertiary/aromatic N) is 5. The second kappa shape index (κ2) is 8.34. The molecule has 0 unspecified atom stereocenters. The van der Waals surface area contributed by atoms with Gasteiger partial charge in [0.2, 0.25) is 5.95 Å². The van der Waals surface area contributed by atoms with Gasteiger partial charge in [0.25, 0.3) is 0 Å². The number of benzene rings is 1. The van der Waals surface area contributed by atoms with Gasteiger partial charge in [-0.1, -0.05) is 0 Å². The molecule has 4 aromatic rings. The number of hydrogen-bond acceptors (Lipinski definition) is 4. The lowest BCUT2D eigenvalue weighted by Crippen LogP contribution is -2.20. The average molecular weight is 417 g/mol. The SMILES string of the molecule is CNc1nccc(-c2c(-c3ccc(F)cc3)ncn2C2CCC(n3cccc3)CC2)n1. The number of halogens is 1. The third-order valence-corrected chi connectivity index (χ3v) is 6.14. The Morgan fingerprint density at radius 3 is 2.35 bits per heavy atom. The van der Waals surface area contributed by atoms with Crippen molar-refractivity contribution in [1.29, 1.82) is 0 Å². The van der Waals surface area contributed by atoms with Crippen LogP contribution < -0.4 is 5.32 Å². The Bertz CT molecular complexity index is 1140. The molecule has 31 heavy (non-hydrogen) atoms. The van der Waals surface area contributed by atoms with Gasteiger partial charge in [-0.25, -0.2) is 19.3 Å². The highest BCUT2D eigenvalue weighted by molar-refractivity contribution is 5.77. The minimum atomic E-state index is -0.257. The van der Waals surface area contributed by atoms with Gasteiger partial charge in [-0.2, -0.15) is 0 Å². The summed E-state index contributed by atoms with van der Waals surface area (Å²) >= 11 is 0. The number of hydrogen-bond donors (Lipinski definition) is 1. The van der Waals surface area contributed by atoms with Gasteiger partial charge in [0, 0.05) is 43.3 Å². The quantitative estimate of drug-likeness (QED) is 0.477. The lowest BCUT2D eigenvalue weighted by atomic mass is 9.90. The molecule has 158 valence electrons. The second-order valence-corrected chi connectivity index (χ2v) is 7.96. The first-order valence-electron chi connectivity index (χ1n) is 10.7. The van der Waals surface area contributed by atoms with E-state index in [0.29, 0.717) is 18.0 Å². The lowest BCUT2D eigenvalue weighted by Gasteiger charge is -2.31. The van der Waals surface area contributed by atoms with Crippen LogP contribution in [-0.2, 0) is 0 Å². The summed E-state index contributed by atoms with van der Waals surface area (Å²) in [5.41, 5.74) is 3.45. The van der Waals surface area contributed by atoms with Gasteiger partial charge in [-0.3, -0.25) is 0 Å². The summed E-state index contributed by atoms with van der Waals surface area (Å²) < 4.78 is 18.1. The molecule has 5 rings (SSSR count). The Morgan fingerprint density at radius 1 is 0.935 bits per heavy atom. The van der Waals surface area contributed by atoms with E-state index in [1.807, 2.05) is 12.4 Å². The fourth-order valence-electron chi connectivity index (χ4n) is 4.55. The van der Waals surface area contributed by atoms with E-state index in [1.54, 1.807) is 25.4 Å². The smallest absolute Gasteiger partial charge is 0.222 e. The second-order valence-electron chi connectivity index (χ2n) is 7.96. The molecule has 0 bridgehead atoms. The van der Waals surface area contributed by atoms with Crippen LogP contribution in [0.5, 0.6) is 0 Å². The molecule has 1 N–H and O–H groups in total. The van der Waals surface area contributed by atoms with Crippen LogP contribution in [0.4, 0.5) is 10.3 Å². The molecule has 0 saturated heterocycles. The molecule has 3 aromatic heterocycles. The third-order valence-electron chi connectivity index (χ3n) is 6.14. The number of anilines is 1. The molecule has 3 heterocycles. The third kappa shape index (κ3) is 3.83. The minimum absolute atomic E-state index is 0.257. The first kappa shape index (κ1) is 19.5. The molecule has 1 aromatic carbocycles. The highest BCUT2D eigenvalue weighted by Crippen LogP contribution is 2.40. The Balaban J connectivity index is 1.52. The molecular formula is C24H25FN6. The molecule has 7 heteroatoms. The summed E-state index contributed by atoms with van der Waals surface area (Å²) in [6.07, 6.45) is 12.3. The van der Waals surface area contributed by atoms with Crippen molar-refractivity contribution >= 4 is 5.95 Å². The molecule has 0 atom stereocenters. The van der Waals surface area contributed by atoms with Gasteiger partial charge in [-0.05, 0) is 68.1 Å². The number of nitrogens with one attached hydrogen (secondary N) is 1. The van der Waals surface area contributed by atoms with Crippen LogP contribution in [0, 0.1) is 5.82 Å². The van der Waals surface area contributed by atoms with E-state index >= 15 is 0 Å². The van der Waals surface area contributed by atoms with E-state index in [1.165, 1.54) is 12.1 Å². The van der Waals surface area contributed by atoms with Gasteiger partial charge in [-0.15, -0.1) is 0 Å². The Labute approximate surface area is 180 Å². The zero-order chi connectivity index (χ0) is 21.2. The van der Waals surface area contributed by atoms with Crippen molar-refractivity contribution < 1.29 is 4.39 Å². The van der Waals surface area contributed by atoms with Crippen LogP contribution in [0.15, 0.2) is 67.4 Å². The van der Waals surface area contributed by atoms with Crippen molar-refractivity contribution in [2.45, 2.75) is 37.8 Å². The van der Waals surface area contributed by atoms with E-state index < -0.39 is 0 Å². The summed E-state index contributed by atoms with van der Waals surface area (Å²) in [4.78, 5) is 13.7. The van der Waals surface area contributed by atoms with Gasteiger partial charge < -0.3 is 14.5 Å². The molecule has 1 aliphatic rings. The molecule has 1 saturated carbocycles. The first-order chi connectivity index (χ1) is 15.2. The fourth-order valence-corrected chi connectivity index (χ4v) is 4.55. The largest absolute Gasteiger partial charge is 0.357 e. The Hall–Kier alpha value is -3.48. The molecule has 1 fully saturated rings. The van der Waals surface area contributed by atoms with Crippen LogP contribution in [0.2, 0.25) is 0 Å². The Morgan fingerprint density at radius 2 is 1.65 bits per heavy atom. The number of rotatable bonds is 5. The van der Waals surface area contributed by atoms with Crippen molar-refractivity contribution in [1.82, 2.24) is 24.1 Å². The zero-order valence-corrected chi connectivity index (χ0v) is 17.4. The monoisotopic (exact) mass is 416 g/mol. The van der Waals surface area contributed by atoms with E-state index in [9.17, 15) is 4.39 Å². The summed E-state index contributed by atoms with van der Waals surface area (Å²) in [7, 11) is 1.81. The topological polar surface area (TPSA) is 60.6 Å². The number of imidazole rings is 1. The lowest BCUT2D eigenvalue weighted by molar-refractivity contribution is 0.276. The molecule has 0 spiro atoms. The van der Waals surface area contributed by atoms with Crippen LogP contribution in [-0.4, -0.2) is 31.1 Å². The predicted molar refractivity (Wildman–Crippen MR) is 119 cm³/mol. The fraction of sp³-hybridized carbons (Fsp3) is 0.292. The van der Waals surface area contributed by atoms with E-state index in [2.05, 4.69) is 48.9 Å². The van der Waals surface area contributed by atoms with Crippen LogP contribution in [0.3, 0.4) is 0 Å². The molecule has 1 aliphatic carbocycles. The maximum absolute atomic E-state index is 13.5. The van der Waals surface area contributed by atoms with Crippen LogP contribution >= 0.6 is 0 Å². The maximum Gasteiger partial charge on any atom is 0.222 e. The summed E-state index contributed by atoms with van der Waals surface area (Å²) in [6, 6.07) is 13.5. The van der Waals surface area contributed by atoms with Crippen molar-refractivity contribution in [3.8, 4) is 22.6 Å². The van der Waals surface area contributed by atoms with Gasteiger partial charge >= 0.3 is 0 Å². The van der Waals surface area contributed by atoms with Gasteiger partial charge in [0.05, 0.1) is 23.4 Å². The number of aromatic nitrogens is 5. The maximum atomic E-state index is 13.5. The minimum Gasteiger partial charge on any atom is -0.357 e. The molecule has 6 nitrogen and oxygen atoms in total. The van der Waals surface area contributed by atoms with E-state index in [-0.39, 0.29) is 5.82 Å². The molecule has 0 amide bonds. The summed E-state index contributed by atoms with van der Waals surface area (Å²) in [6.45, 7) is 0. The van der Waals surface area contributed by atoms with Gasteiger partial charge in [0.1, 0.15) is 5.82 Å². The molecular weight excluding hydrogens is 391 g/mol. The van der Waals surface area contributed by atoms with Crippen molar-refractivity contribution in [3.05, 3.63) is 73.2 Å². The predicted octanol–water partition coefficient (Wildman–Crippen LogP) is 5.35.